The van der Waals surface area contributed by atoms with Gasteiger partial charge in [-0.3, -0.25) is 4.79 Å². The van der Waals surface area contributed by atoms with Crippen LogP contribution in [0.25, 0.3) is 0 Å². The zero-order valence-electron chi connectivity index (χ0n) is 10.0. The van der Waals surface area contributed by atoms with E-state index in [1.807, 2.05) is 0 Å². The fourth-order valence-electron chi connectivity index (χ4n) is 1.31. The Morgan fingerprint density at radius 3 is 2.47 bits per heavy atom. The minimum atomic E-state index is -4.33. The second-order valence-electron chi connectivity index (χ2n) is 3.86. The number of ether oxygens (including phenoxy) is 1. The fourth-order valence-corrected chi connectivity index (χ4v) is 1.46. The lowest BCUT2D eigenvalue weighted by Gasteiger charge is -2.08. The van der Waals surface area contributed by atoms with Crippen LogP contribution in [-0.2, 0) is 16.0 Å². The van der Waals surface area contributed by atoms with E-state index in [4.69, 9.17) is 0 Å². The van der Waals surface area contributed by atoms with Gasteiger partial charge in [0.05, 0.1) is 13.0 Å². The van der Waals surface area contributed by atoms with E-state index < -0.39 is 12.8 Å². The Morgan fingerprint density at radius 2 is 1.89 bits per heavy atom. The molecule has 0 aliphatic heterocycles. The molecular formula is C12H14F3NO2S. The molecule has 0 unspecified atom stereocenters. The third-order valence-corrected chi connectivity index (χ3v) is 2.43. The molecule has 3 nitrogen and oxygen atoms in total. The molecule has 0 saturated carbocycles. The number of halogens is 3. The molecule has 19 heavy (non-hydrogen) atoms. The third-order valence-electron chi connectivity index (χ3n) is 2.14. The lowest BCUT2D eigenvalue weighted by Crippen LogP contribution is -2.30. The van der Waals surface area contributed by atoms with Crippen molar-refractivity contribution in [2.24, 2.45) is 0 Å². The van der Waals surface area contributed by atoms with Gasteiger partial charge in [-0.15, -0.1) is 12.6 Å². The van der Waals surface area contributed by atoms with Gasteiger partial charge in [0.2, 0.25) is 5.91 Å². The van der Waals surface area contributed by atoms with Crippen LogP contribution < -0.4 is 5.32 Å². The predicted octanol–water partition coefficient (Wildman–Crippen LogP) is 2.21. The van der Waals surface area contributed by atoms with Crippen molar-refractivity contribution in [3.63, 3.8) is 0 Å². The van der Waals surface area contributed by atoms with E-state index in [2.05, 4.69) is 22.7 Å². The number of benzene rings is 1. The number of carbonyl (C=O) groups excluding carboxylic acids is 1. The molecule has 0 atom stereocenters. The minimum Gasteiger partial charge on any atom is -0.370 e. The summed E-state index contributed by atoms with van der Waals surface area (Å²) in [6, 6.07) is 7.06. The zero-order valence-corrected chi connectivity index (χ0v) is 10.9. The van der Waals surface area contributed by atoms with Crippen molar-refractivity contribution < 1.29 is 22.7 Å². The van der Waals surface area contributed by atoms with Crippen LogP contribution in [0, 0.1) is 0 Å². The van der Waals surface area contributed by atoms with Gasteiger partial charge in [-0.1, -0.05) is 12.1 Å². The smallest absolute Gasteiger partial charge is 0.370 e. The first-order valence-corrected chi connectivity index (χ1v) is 6.00. The Kier molecular flexibility index (Phi) is 6.17. The second-order valence-corrected chi connectivity index (χ2v) is 4.38. The molecule has 1 rings (SSSR count). The number of hydrogen-bond acceptors (Lipinski definition) is 3. The van der Waals surface area contributed by atoms with Crippen LogP contribution in [0.2, 0.25) is 0 Å². The standard InChI is InChI=1S/C12H14F3NO2S/c13-12(14,15)8-18-6-5-16-11(17)7-9-1-3-10(19)4-2-9/h1-4,19H,5-8H2,(H,16,17). The molecule has 0 fully saturated rings. The fraction of sp³-hybridized carbons (Fsp3) is 0.417. The molecule has 0 spiro atoms. The quantitative estimate of drug-likeness (QED) is 0.623. The van der Waals surface area contributed by atoms with Crippen LogP contribution in [0.15, 0.2) is 29.2 Å². The summed E-state index contributed by atoms with van der Waals surface area (Å²) in [5.74, 6) is -0.262. The molecule has 0 aliphatic carbocycles. The first kappa shape index (κ1) is 15.8. The Labute approximate surface area is 114 Å². The summed E-state index contributed by atoms with van der Waals surface area (Å²) in [5.41, 5.74) is 0.812. The van der Waals surface area contributed by atoms with E-state index in [1.54, 1.807) is 24.3 Å². The highest BCUT2D eigenvalue weighted by molar-refractivity contribution is 7.80. The van der Waals surface area contributed by atoms with E-state index in [1.165, 1.54) is 0 Å². The molecule has 1 N–H and O–H groups in total. The minimum absolute atomic E-state index is 0.0551. The number of carbonyl (C=O) groups is 1. The Morgan fingerprint density at radius 1 is 1.26 bits per heavy atom. The third kappa shape index (κ3) is 7.74. The first-order chi connectivity index (χ1) is 8.87. The Balaban J connectivity index is 2.16. The first-order valence-electron chi connectivity index (χ1n) is 5.56. The summed E-state index contributed by atoms with van der Waals surface area (Å²) in [6.07, 6.45) is -4.16. The van der Waals surface area contributed by atoms with Gasteiger partial charge in [0, 0.05) is 11.4 Å². The molecular weight excluding hydrogens is 279 g/mol. The molecule has 0 heterocycles. The van der Waals surface area contributed by atoms with Crippen LogP contribution in [0.5, 0.6) is 0 Å². The van der Waals surface area contributed by atoms with Crippen LogP contribution in [0.4, 0.5) is 13.2 Å². The lowest BCUT2D eigenvalue weighted by molar-refractivity contribution is -0.173. The van der Waals surface area contributed by atoms with E-state index >= 15 is 0 Å². The topological polar surface area (TPSA) is 38.3 Å². The molecule has 0 radical (unpaired) electrons. The summed E-state index contributed by atoms with van der Waals surface area (Å²) in [4.78, 5) is 12.2. The van der Waals surface area contributed by atoms with Crippen molar-refractivity contribution in [2.75, 3.05) is 19.8 Å². The van der Waals surface area contributed by atoms with Gasteiger partial charge in [0.15, 0.2) is 0 Å². The lowest BCUT2D eigenvalue weighted by atomic mass is 10.1. The van der Waals surface area contributed by atoms with Crippen LogP contribution >= 0.6 is 12.6 Å². The molecule has 1 aromatic rings. The van der Waals surface area contributed by atoms with Gasteiger partial charge in [-0.2, -0.15) is 13.2 Å². The maximum atomic E-state index is 11.7. The highest BCUT2D eigenvalue weighted by Crippen LogP contribution is 2.14. The molecule has 0 aliphatic rings. The SMILES string of the molecule is O=C(Cc1ccc(S)cc1)NCCOCC(F)(F)F. The number of thiol groups is 1. The average Bonchev–Trinajstić information content (AvgIpc) is 2.30. The van der Waals surface area contributed by atoms with E-state index in [9.17, 15) is 18.0 Å². The largest absolute Gasteiger partial charge is 0.411 e. The van der Waals surface area contributed by atoms with Gasteiger partial charge in [0.25, 0.3) is 0 Å². The molecule has 106 valence electrons. The van der Waals surface area contributed by atoms with Crippen LogP contribution in [0.1, 0.15) is 5.56 Å². The van der Waals surface area contributed by atoms with Crippen molar-refractivity contribution in [1.29, 1.82) is 0 Å². The highest BCUT2D eigenvalue weighted by Gasteiger charge is 2.27. The summed E-state index contributed by atoms with van der Waals surface area (Å²) in [7, 11) is 0. The number of hydrogen-bond donors (Lipinski definition) is 2. The van der Waals surface area contributed by atoms with Crippen molar-refractivity contribution >= 4 is 18.5 Å². The summed E-state index contributed by atoms with van der Waals surface area (Å²) >= 11 is 4.12. The maximum Gasteiger partial charge on any atom is 0.411 e. The van der Waals surface area contributed by atoms with Gasteiger partial charge in [-0.05, 0) is 17.7 Å². The maximum absolute atomic E-state index is 11.7. The molecule has 0 bridgehead atoms. The van der Waals surface area contributed by atoms with Crippen molar-refractivity contribution in [3.8, 4) is 0 Å². The molecule has 1 aromatic carbocycles. The summed E-state index contributed by atoms with van der Waals surface area (Å²) < 4.78 is 39.6. The molecule has 1 amide bonds. The molecule has 7 heteroatoms. The van der Waals surface area contributed by atoms with Crippen LogP contribution in [0.3, 0.4) is 0 Å². The number of rotatable bonds is 6. The average molecular weight is 293 g/mol. The van der Waals surface area contributed by atoms with E-state index in [0.717, 1.165) is 10.5 Å². The van der Waals surface area contributed by atoms with Crippen LogP contribution in [-0.4, -0.2) is 31.8 Å². The predicted molar refractivity (Wildman–Crippen MR) is 67.3 cm³/mol. The van der Waals surface area contributed by atoms with Gasteiger partial charge in [0.1, 0.15) is 6.61 Å². The van der Waals surface area contributed by atoms with Gasteiger partial charge in [-0.25, -0.2) is 0 Å². The monoisotopic (exact) mass is 293 g/mol. The van der Waals surface area contributed by atoms with E-state index in [0.29, 0.717) is 0 Å². The van der Waals surface area contributed by atoms with E-state index in [-0.39, 0.29) is 25.5 Å². The Hall–Kier alpha value is -1.21. The number of nitrogens with one attached hydrogen (secondary N) is 1. The molecule has 0 saturated heterocycles. The van der Waals surface area contributed by atoms with Crippen molar-refractivity contribution in [1.82, 2.24) is 5.32 Å². The normalized spacial score (nSPS) is 11.4. The second kappa shape index (κ2) is 7.40. The number of amides is 1. The van der Waals surface area contributed by atoms with Crippen molar-refractivity contribution in [2.45, 2.75) is 17.5 Å². The highest BCUT2D eigenvalue weighted by atomic mass is 32.1. The summed E-state index contributed by atoms with van der Waals surface area (Å²) in [5, 5.41) is 2.48. The van der Waals surface area contributed by atoms with Gasteiger partial charge >= 0.3 is 6.18 Å². The molecule has 0 aromatic heterocycles. The zero-order chi connectivity index (χ0) is 14.3. The van der Waals surface area contributed by atoms with Crippen molar-refractivity contribution in [3.05, 3.63) is 29.8 Å². The number of alkyl halides is 3. The van der Waals surface area contributed by atoms with Gasteiger partial charge < -0.3 is 10.1 Å². The summed E-state index contributed by atoms with van der Waals surface area (Å²) in [6.45, 7) is -1.41. The Bertz CT molecular complexity index is 406.